The zero-order valence-electron chi connectivity index (χ0n) is 15.9. The monoisotopic (exact) mass is 378 g/mol. The van der Waals surface area contributed by atoms with Crippen molar-refractivity contribution in [1.29, 1.82) is 5.26 Å². The van der Waals surface area contributed by atoms with Crippen molar-refractivity contribution in [1.82, 2.24) is 9.78 Å². The van der Waals surface area contributed by atoms with Gasteiger partial charge in [-0.15, -0.1) is 11.3 Å². The lowest BCUT2D eigenvalue weighted by Gasteiger charge is -2.10. The van der Waals surface area contributed by atoms with Crippen LogP contribution < -0.4 is 5.32 Å². The fourth-order valence-electron chi connectivity index (χ4n) is 3.06. The Morgan fingerprint density at radius 2 is 2.04 bits per heavy atom. The number of nitrogens with zero attached hydrogens (tertiary/aromatic N) is 3. The highest BCUT2D eigenvalue weighted by molar-refractivity contribution is 7.17. The van der Waals surface area contributed by atoms with E-state index >= 15 is 0 Å². The SMILES string of the molecule is CC[C@H](C)c1ccc(-c2c(C)sc(NC(=O)c3ccnn3C)c2C#N)cc1. The molecule has 0 aliphatic heterocycles. The number of nitrogens with one attached hydrogen (secondary N) is 1. The first-order valence-corrected chi connectivity index (χ1v) is 9.71. The molecule has 6 heteroatoms. The Balaban J connectivity index is 1.95. The number of carbonyl (C=O) groups is 1. The molecule has 0 aliphatic carbocycles. The zero-order chi connectivity index (χ0) is 19.6. The van der Waals surface area contributed by atoms with Crippen LogP contribution in [0.25, 0.3) is 11.1 Å². The maximum atomic E-state index is 12.5. The van der Waals surface area contributed by atoms with E-state index in [1.54, 1.807) is 19.3 Å². The van der Waals surface area contributed by atoms with E-state index in [9.17, 15) is 10.1 Å². The van der Waals surface area contributed by atoms with Crippen molar-refractivity contribution >= 4 is 22.2 Å². The van der Waals surface area contributed by atoms with Crippen LogP contribution in [0.2, 0.25) is 0 Å². The molecule has 2 aromatic heterocycles. The molecule has 3 rings (SSSR count). The van der Waals surface area contributed by atoms with Gasteiger partial charge in [0.15, 0.2) is 0 Å². The first-order valence-electron chi connectivity index (χ1n) is 8.89. The summed E-state index contributed by atoms with van der Waals surface area (Å²) in [6, 6.07) is 12.3. The minimum absolute atomic E-state index is 0.272. The van der Waals surface area contributed by atoms with Crippen LogP contribution in [0, 0.1) is 18.3 Å². The topological polar surface area (TPSA) is 70.7 Å². The third kappa shape index (κ3) is 3.64. The summed E-state index contributed by atoms with van der Waals surface area (Å²) < 4.78 is 1.51. The van der Waals surface area contributed by atoms with Crippen molar-refractivity contribution in [2.75, 3.05) is 5.32 Å². The van der Waals surface area contributed by atoms with Crippen LogP contribution in [0.5, 0.6) is 0 Å². The summed E-state index contributed by atoms with van der Waals surface area (Å²) in [6.45, 7) is 6.35. The number of anilines is 1. The lowest BCUT2D eigenvalue weighted by atomic mass is 9.95. The molecule has 0 saturated carbocycles. The third-order valence-corrected chi connectivity index (χ3v) is 5.88. The van der Waals surface area contributed by atoms with Crippen LogP contribution >= 0.6 is 11.3 Å². The van der Waals surface area contributed by atoms with E-state index in [0.29, 0.717) is 22.2 Å². The lowest BCUT2D eigenvalue weighted by molar-refractivity contribution is 0.101. The molecule has 0 unspecified atom stereocenters. The second-order valence-corrected chi connectivity index (χ2v) is 7.80. The maximum absolute atomic E-state index is 12.5. The van der Waals surface area contributed by atoms with E-state index in [4.69, 9.17) is 0 Å². The highest BCUT2D eigenvalue weighted by atomic mass is 32.1. The number of thiophene rings is 1. The summed E-state index contributed by atoms with van der Waals surface area (Å²) in [5.74, 6) is 0.234. The van der Waals surface area contributed by atoms with Gasteiger partial charge in [-0.05, 0) is 36.5 Å². The Bertz CT molecular complexity index is 1010. The molecule has 3 aromatic rings. The van der Waals surface area contributed by atoms with Crippen LogP contribution in [0.1, 0.15) is 52.7 Å². The van der Waals surface area contributed by atoms with Crippen molar-refractivity contribution in [2.24, 2.45) is 7.05 Å². The van der Waals surface area contributed by atoms with Crippen LogP contribution in [0.3, 0.4) is 0 Å². The van der Waals surface area contributed by atoms with Gasteiger partial charge in [0.2, 0.25) is 0 Å². The maximum Gasteiger partial charge on any atom is 0.274 e. The number of nitriles is 1. The van der Waals surface area contributed by atoms with E-state index in [2.05, 4.69) is 54.6 Å². The van der Waals surface area contributed by atoms with Crippen molar-refractivity contribution in [2.45, 2.75) is 33.1 Å². The van der Waals surface area contributed by atoms with E-state index in [0.717, 1.165) is 22.4 Å². The van der Waals surface area contributed by atoms with Crippen LogP contribution in [0.15, 0.2) is 36.5 Å². The molecule has 0 aliphatic rings. The molecular weight excluding hydrogens is 356 g/mol. The molecule has 0 bridgehead atoms. The zero-order valence-corrected chi connectivity index (χ0v) is 16.7. The number of aryl methyl sites for hydroxylation is 2. The quantitative estimate of drug-likeness (QED) is 0.672. The summed E-state index contributed by atoms with van der Waals surface area (Å²) >= 11 is 1.42. The second-order valence-electron chi connectivity index (χ2n) is 6.57. The smallest absolute Gasteiger partial charge is 0.274 e. The second kappa shape index (κ2) is 7.77. The van der Waals surface area contributed by atoms with Gasteiger partial charge in [0, 0.05) is 23.7 Å². The molecule has 1 N–H and O–H groups in total. The molecule has 0 spiro atoms. The molecule has 0 fully saturated rings. The van der Waals surface area contributed by atoms with Crippen molar-refractivity contribution in [3.63, 3.8) is 0 Å². The van der Waals surface area contributed by atoms with Gasteiger partial charge in [0.05, 0.1) is 5.56 Å². The van der Waals surface area contributed by atoms with E-state index in [1.807, 2.05) is 6.92 Å². The van der Waals surface area contributed by atoms with Crippen LogP contribution in [0.4, 0.5) is 5.00 Å². The van der Waals surface area contributed by atoms with Gasteiger partial charge in [0.1, 0.15) is 16.8 Å². The van der Waals surface area contributed by atoms with Gasteiger partial charge < -0.3 is 5.32 Å². The summed E-state index contributed by atoms with van der Waals surface area (Å²) in [5.41, 5.74) is 4.12. The molecule has 2 heterocycles. The van der Waals surface area contributed by atoms with E-state index < -0.39 is 0 Å². The number of carbonyl (C=O) groups excluding carboxylic acids is 1. The average molecular weight is 379 g/mol. The highest BCUT2D eigenvalue weighted by Crippen LogP contribution is 2.40. The average Bonchev–Trinajstić information content (AvgIpc) is 3.23. The molecule has 0 saturated heterocycles. The standard InChI is InChI=1S/C21H22N4OS/c1-5-13(2)15-6-8-16(9-7-15)19-14(3)27-21(17(19)12-22)24-20(26)18-10-11-23-25(18)4/h6-11,13H,5H2,1-4H3,(H,24,26)/t13-/m0/s1. The number of hydrogen-bond donors (Lipinski definition) is 1. The third-order valence-electron chi connectivity index (χ3n) is 4.86. The first-order chi connectivity index (χ1) is 13.0. The molecule has 0 radical (unpaired) electrons. The number of hydrogen-bond acceptors (Lipinski definition) is 4. The van der Waals surface area contributed by atoms with Gasteiger partial charge in [-0.25, -0.2) is 0 Å². The van der Waals surface area contributed by atoms with Crippen molar-refractivity contribution < 1.29 is 4.79 Å². The lowest BCUT2D eigenvalue weighted by Crippen LogP contribution is -2.15. The Hall–Kier alpha value is -2.91. The Morgan fingerprint density at radius 1 is 1.33 bits per heavy atom. The minimum atomic E-state index is -0.272. The summed E-state index contributed by atoms with van der Waals surface area (Å²) in [5, 5.41) is 17.2. The minimum Gasteiger partial charge on any atom is -0.311 e. The largest absolute Gasteiger partial charge is 0.311 e. The summed E-state index contributed by atoms with van der Waals surface area (Å²) in [6.07, 6.45) is 2.66. The predicted octanol–water partition coefficient (Wildman–Crippen LogP) is 5.09. The summed E-state index contributed by atoms with van der Waals surface area (Å²) in [7, 11) is 1.71. The van der Waals surface area contributed by atoms with E-state index in [1.165, 1.54) is 21.6 Å². The number of benzene rings is 1. The Morgan fingerprint density at radius 3 is 2.59 bits per heavy atom. The molecular formula is C21H22N4OS. The van der Waals surface area contributed by atoms with Gasteiger partial charge in [-0.3, -0.25) is 9.48 Å². The van der Waals surface area contributed by atoms with Crippen molar-refractivity contribution in [3.05, 3.63) is 58.2 Å². The molecule has 27 heavy (non-hydrogen) atoms. The van der Waals surface area contributed by atoms with E-state index in [-0.39, 0.29) is 5.91 Å². The predicted molar refractivity (Wildman–Crippen MR) is 109 cm³/mol. The van der Waals surface area contributed by atoms with Gasteiger partial charge in [-0.1, -0.05) is 38.1 Å². The molecule has 1 atom stereocenters. The molecule has 138 valence electrons. The number of aromatic nitrogens is 2. The Labute approximate surface area is 163 Å². The van der Waals surface area contributed by atoms with Crippen LogP contribution in [-0.2, 0) is 7.05 Å². The fraction of sp³-hybridized carbons (Fsp3) is 0.286. The van der Waals surface area contributed by atoms with Gasteiger partial charge in [-0.2, -0.15) is 10.4 Å². The number of amides is 1. The highest BCUT2D eigenvalue weighted by Gasteiger charge is 2.20. The first kappa shape index (κ1) is 18.9. The fourth-order valence-corrected chi connectivity index (χ4v) is 4.09. The Kier molecular flexibility index (Phi) is 5.43. The number of rotatable bonds is 5. The van der Waals surface area contributed by atoms with Crippen LogP contribution in [-0.4, -0.2) is 15.7 Å². The normalized spacial score (nSPS) is 11.8. The van der Waals surface area contributed by atoms with Gasteiger partial charge in [0.25, 0.3) is 5.91 Å². The van der Waals surface area contributed by atoms with Crippen molar-refractivity contribution in [3.8, 4) is 17.2 Å². The molecule has 1 amide bonds. The molecule has 1 aromatic carbocycles. The summed E-state index contributed by atoms with van der Waals surface area (Å²) in [4.78, 5) is 13.5. The van der Waals surface area contributed by atoms with Gasteiger partial charge >= 0.3 is 0 Å². The molecule has 5 nitrogen and oxygen atoms in total.